The van der Waals surface area contributed by atoms with Crippen molar-refractivity contribution in [3.05, 3.63) is 18.0 Å². The summed E-state index contributed by atoms with van der Waals surface area (Å²) < 4.78 is 1.78. The lowest BCUT2D eigenvalue weighted by Gasteiger charge is -1.93. The zero-order chi connectivity index (χ0) is 7.40. The normalized spacial score (nSPS) is 9.20. The van der Waals surface area contributed by atoms with E-state index >= 15 is 0 Å². The van der Waals surface area contributed by atoms with Gasteiger partial charge in [0.2, 0.25) is 0 Å². The third kappa shape index (κ3) is 1.35. The van der Waals surface area contributed by atoms with Crippen LogP contribution in [0.2, 0.25) is 0 Å². The molecule has 1 aromatic rings. The van der Waals surface area contributed by atoms with Gasteiger partial charge in [-0.25, -0.2) is 0 Å². The van der Waals surface area contributed by atoms with Crippen molar-refractivity contribution < 1.29 is 0 Å². The van der Waals surface area contributed by atoms with E-state index in [1.165, 1.54) is 0 Å². The van der Waals surface area contributed by atoms with Gasteiger partial charge in [0.1, 0.15) is 6.07 Å². The molecule has 0 aliphatic carbocycles. The van der Waals surface area contributed by atoms with Crippen molar-refractivity contribution in [1.82, 2.24) is 9.78 Å². The molecule has 0 aromatic carbocycles. The summed E-state index contributed by atoms with van der Waals surface area (Å²) in [5, 5.41) is 12.4. The molecule has 1 aromatic heterocycles. The van der Waals surface area contributed by atoms with E-state index < -0.39 is 0 Å². The Balaban J connectivity index is 2.71. The van der Waals surface area contributed by atoms with Gasteiger partial charge in [-0.2, -0.15) is 10.4 Å². The second kappa shape index (κ2) is 3.02. The zero-order valence-electron chi connectivity index (χ0n) is 5.91. The van der Waals surface area contributed by atoms with Crippen LogP contribution in [0.3, 0.4) is 0 Å². The highest BCUT2D eigenvalue weighted by Crippen LogP contribution is 1.93. The van der Waals surface area contributed by atoms with Crippen LogP contribution >= 0.6 is 0 Å². The predicted molar refractivity (Wildman–Crippen MR) is 37.2 cm³/mol. The molecule has 0 aliphatic heterocycles. The van der Waals surface area contributed by atoms with Gasteiger partial charge in [-0.3, -0.25) is 4.68 Å². The Labute approximate surface area is 59.9 Å². The fraction of sp³-hybridized carbons (Fsp3) is 0.429. The summed E-state index contributed by atoms with van der Waals surface area (Å²) in [6.45, 7) is 2.97. The highest BCUT2D eigenvalue weighted by molar-refractivity contribution is 5.16. The van der Waals surface area contributed by atoms with Gasteiger partial charge in [0.15, 0.2) is 5.69 Å². The van der Waals surface area contributed by atoms with E-state index in [4.69, 9.17) is 5.26 Å². The van der Waals surface area contributed by atoms with Crippen LogP contribution in [0, 0.1) is 11.3 Å². The first kappa shape index (κ1) is 6.81. The fourth-order valence-electron chi connectivity index (χ4n) is 0.775. The molecular formula is C7H9N3. The third-order valence-corrected chi connectivity index (χ3v) is 1.21. The zero-order valence-corrected chi connectivity index (χ0v) is 5.91. The van der Waals surface area contributed by atoms with Gasteiger partial charge in [0, 0.05) is 12.7 Å². The van der Waals surface area contributed by atoms with Gasteiger partial charge in [0.05, 0.1) is 0 Å². The highest BCUT2D eigenvalue weighted by atomic mass is 15.3. The molecular weight excluding hydrogens is 126 g/mol. The maximum Gasteiger partial charge on any atom is 0.162 e. The number of nitriles is 1. The maximum absolute atomic E-state index is 8.39. The Morgan fingerprint density at radius 2 is 2.60 bits per heavy atom. The summed E-state index contributed by atoms with van der Waals surface area (Å²) in [5.74, 6) is 0. The lowest BCUT2D eigenvalue weighted by molar-refractivity contribution is 0.601. The largest absolute Gasteiger partial charge is 0.271 e. The molecule has 1 rings (SSSR count). The lowest BCUT2D eigenvalue weighted by atomic mass is 10.5. The molecule has 0 bridgehead atoms. The maximum atomic E-state index is 8.39. The second-order valence-electron chi connectivity index (χ2n) is 2.08. The van der Waals surface area contributed by atoms with Gasteiger partial charge in [-0.15, -0.1) is 0 Å². The molecule has 0 amide bonds. The molecule has 0 atom stereocenters. The van der Waals surface area contributed by atoms with Gasteiger partial charge < -0.3 is 0 Å². The van der Waals surface area contributed by atoms with E-state index in [0.717, 1.165) is 13.0 Å². The van der Waals surface area contributed by atoms with E-state index in [0.29, 0.717) is 5.69 Å². The Hall–Kier alpha value is -1.30. The molecule has 3 nitrogen and oxygen atoms in total. The van der Waals surface area contributed by atoms with Crippen molar-refractivity contribution in [2.24, 2.45) is 0 Å². The molecule has 0 saturated heterocycles. The number of hydrogen-bond donors (Lipinski definition) is 0. The summed E-state index contributed by atoms with van der Waals surface area (Å²) >= 11 is 0. The minimum Gasteiger partial charge on any atom is -0.271 e. The summed E-state index contributed by atoms with van der Waals surface area (Å²) in [6, 6.07) is 3.69. The molecule has 0 aliphatic rings. The van der Waals surface area contributed by atoms with E-state index in [-0.39, 0.29) is 0 Å². The molecule has 52 valence electrons. The first-order chi connectivity index (χ1) is 4.86. The van der Waals surface area contributed by atoms with Crippen LogP contribution in [0.5, 0.6) is 0 Å². The van der Waals surface area contributed by atoms with Crippen molar-refractivity contribution in [3.63, 3.8) is 0 Å². The van der Waals surface area contributed by atoms with Crippen LogP contribution in [0.25, 0.3) is 0 Å². The van der Waals surface area contributed by atoms with E-state index in [9.17, 15) is 0 Å². The molecule has 0 unspecified atom stereocenters. The minimum absolute atomic E-state index is 0.494. The number of nitrogens with zero attached hydrogens (tertiary/aromatic N) is 3. The van der Waals surface area contributed by atoms with E-state index in [2.05, 4.69) is 12.0 Å². The quantitative estimate of drug-likeness (QED) is 0.610. The molecule has 0 saturated carbocycles. The van der Waals surface area contributed by atoms with Crippen molar-refractivity contribution >= 4 is 0 Å². The van der Waals surface area contributed by atoms with Gasteiger partial charge in [-0.1, -0.05) is 6.92 Å². The van der Waals surface area contributed by atoms with Crippen LogP contribution in [0.1, 0.15) is 19.0 Å². The summed E-state index contributed by atoms with van der Waals surface area (Å²) in [4.78, 5) is 0. The van der Waals surface area contributed by atoms with E-state index in [1.54, 1.807) is 10.7 Å². The van der Waals surface area contributed by atoms with Crippen molar-refractivity contribution in [1.29, 1.82) is 5.26 Å². The van der Waals surface area contributed by atoms with Crippen LogP contribution in [0.4, 0.5) is 0 Å². The van der Waals surface area contributed by atoms with Gasteiger partial charge in [0.25, 0.3) is 0 Å². The average Bonchev–Trinajstić information content (AvgIpc) is 2.37. The third-order valence-electron chi connectivity index (χ3n) is 1.21. The predicted octanol–water partition coefficient (Wildman–Crippen LogP) is 1.16. The Morgan fingerprint density at radius 1 is 1.80 bits per heavy atom. The monoisotopic (exact) mass is 135 g/mol. The lowest BCUT2D eigenvalue weighted by Crippen LogP contribution is -1.96. The highest BCUT2D eigenvalue weighted by Gasteiger charge is 1.93. The standard InChI is InChI=1S/C7H9N3/c1-2-4-10-5-3-7(6-8)9-10/h3,5H,2,4H2,1H3. The molecule has 0 radical (unpaired) electrons. The van der Waals surface area contributed by atoms with Crippen molar-refractivity contribution in [2.45, 2.75) is 19.9 Å². The summed E-state index contributed by atoms with van der Waals surface area (Å²) in [7, 11) is 0. The molecule has 0 fully saturated rings. The summed E-state index contributed by atoms with van der Waals surface area (Å²) in [5.41, 5.74) is 0.494. The molecule has 3 heteroatoms. The minimum atomic E-state index is 0.494. The molecule has 0 spiro atoms. The Morgan fingerprint density at radius 3 is 3.10 bits per heavy atom. The number of rotatable bonds is 2. The van der Waals surface area contributed by atoms with Gasteiger partial charge in [-0.05, 0) is 12.5 Å². The Bertz CT molecular complexity index is 244. The first-order valence-electron chi connectivity index (χ1n) is 3.30. The number of hydrogen-bond acceptors (Lipinski definition) is 2. The SMILES string of the molecule is CCCn1ccc(C#N)n1. The van der Waals surface area contributed by atoms with Crippen LogP contribution in [-0.2, 0) is 6.54 Å². The topological polar surface area (TPSA) is 41.6 Å². The Kier molecular flexibility index (Phi) is 2.06. The van der Waals surface area contributed by atoms with Crippen molar-refractivity contribution in [2.75, 3.05) is 0 Å². The first-order valence-corrected chi connectivity index (χ1v) is 3.30. The molecule has 10 heavy (non-hydrogen) atoms. The number of aromatic nitrogens is 2. The molecule has 1 heterocycles. The fourth-order valence-corrected chi connectivity index (χ4v) is 0.775. The molecule has 0 N–H and O–H groups in total. The van der Waals surface area contributed by atoms with Crippen molar-refractivity contribution in [3.8, 4) is 6.07 Å². The van der Waals surface area contributed by atoms with Crippen LogP contribution < -0.4 is 0 Å². The number of aryl methyl sites for hydroxylation is 1. The smallest absolute Gasteiger partial charge is 0.162 e. The summed E-state index contributed by atoms with van der Waals surface area (Å²) in [6.07, 6.45) is 2.87. The van der Waals surface area contributed by atoms with Crippen LogP contribution in [-0.4, -0.2) is 9.78 Å². The average molecular weight is 135 g/mol. The van der Waals surface area contributed by atoms with Gasteiger partial charge >= 0.3 is 0 Å². The van der Waals surface area contributed by atoms with Crippen LogP contribution in [0.15, 0.2) is 12.3 Å². The second-order valence-corrected chi connectivity index (χ2v) is 2.08. The van der Waals surface area contributed by atoms with E-state index in [1.807, 2.05) is 12.3 Å².